The highest BCUT2D eigenvalue weighted by atomic mass is 15.2. The first-order chi connectivity index (χ1) is 7.59. The van der Waals surface area contributed by atoms with Gasteiger partial charge in [-0.3, -0.25) is 0 Å². The number of nitrogens with zero attached hydrogens (tertiary/aromatic N) is 1. The summed E-state index contributed by atoms with van der Waals surface area (Å²) in [5.41, 5.74) is 9.53. The summed E-state index contributed by atoms with van der Waals surface area (Å²) >= 11 is 0. The zero-order chi connectivity index (χ0) is 11.7. The first kappa shape index (κ1) is 11.3. The Hall–Kier alpha value is -1.18. The zero-order valence-corrected chi connectivity index (χ0v) is 10.5. The van der Waals surface area contributed by atoms with Gasteiger partial charge in [-0.1, -0.05) is 19.9 Å². The quantitative estimate of drug-likeness (QED) is 0.772. The molecule has 88 valence electrons. The third kappa shape index (κ3) is 2.01. The minimum absolute atomic E-state index is 0.657. The molecule has 2 heteroatoms. The van der Waals surface area contributed by atoms with Crippen LogP contribution in [-0.4, -0.2) is 12.6 Å². The van der Waals surface area contributed by atoms with E-state index in [-0.39, 0.29) is 0 Å². The number of anilines is 2. The molecule has 0 amide bonds. The molecule has 0 spiro atoms. The highest BCUT2D eigenvalue weighted by molar-refractivity contribution is 5.69. The van der Waals surface area contributed by atoms with Gasteiger partial charge in [-0.15, -0.1) is 0 Å². The van der Waals surface area contributed by atoms with Crippen molar-refractivity contribution >= 4 is 11.4 Å². The molecule has 0 bridgehead atoms. The molecule has 2 rings (SSSR count). The first-order valence-corrected chi connectivity index (χ1v) is 6.22. The molecule has 1 aliphatic heterocycles. The van der Waals surface area contributed by atoms with Crippen molar-refractivity contribution in [2.75, 3.05) is 17.2 Å². The number of benzene rings is 1. The van der Waals surface area contributed by atoms with Crippen LogP contribution in [0.15, 0.2) is 18.2 Å². The Labute approximate surface area is 98.4 Å². The predicted octanol–water partition coefficient (Wildman–Crippen LogP) is 3.20. The van der Waals surface area contributed by atoms with Crippen molar-refractivity contribution in [3.05, 3.63) is 23.8 Å². The average molecular weight is 218 g/mol. The fourth-order valence-electron chi connectivity index (χ4n) is 2.69. The Kier molecular flexibility index (Phi) is 3.08. The Morgan fingerprint density at radius 1 is 1.38 bits per heavy atom. The number of aryl methyl sites for hydroxylation is 1. The Morgan fingerprint density at radius 3 is 2.81 bits per heavy atom. The third-order valence-corrected chi connectivity index (χ3v) is 3.56. The average Bonchev–Trinajstić information content (AvgIpc) is 2.70. The second-order valence-corrected chi connectivity index (χ2v) is 5.21. The van der Waals surface area contributed by atoms with E-state index < -0.39 is 0 Å². The smallest absolute Gasteiger partial charge is 0.0605 e. The lowest BCUT2D eigenvalue weighted by Crippen LogP contribution is -2.33. The van der Waals surface area contributed by atoms with Crippen LogP contribution in [-0.2, 0) is 0 Å². The first-order valence-electron chi connectivity index (χ1n) is 6.22. The summed E-state index contributed by atoms with van der Waals surface area (Å²) in [5.74, 6) is 0.697. The largest absolute Gasteiger partial charge is 0.397 e. The summed E-state index contributed by atoms with van der Waals surface area (Å²) in [6.07, 6.45) is 2.58. The van der Waals surface area contributed by atoms with Crippen molar-refractivity contribution in [2.24, 2.45) is 5.92 Å². The van der Waals surface area contributed by atoms with Crippen LogP contribution >= 0.6 is 0 Å². The van der Waals surface area contributed by atoms with Crippen molar-refractivity contribution in [1.29, 1.82) is 0 Å². The standard InChI is InChI=1S/C14H22N2/c1-10(2)13-5-4-8-16(13)14-9-11(3)6-7-12(14)15/h6-7,9-10,13H,4-5,8,15H2,1-3H3. The van der Waals surface area contributed by atoms with Crippen molar-refractivity contribution in [3.63, 3.8) is 0 Å². The SMILES string of the molecule is Cc1ccc(N)c(N2CCCC2C(C)C)c1. The molecule has 2 N–H and O–H groups in total. The van der Waals surface area contributed by atoms with Crippen molar-refractivity contribution in [2.45, 2.75) is 39.7 Å². The van der Waals surface area contributed by atoms with Gasteiger partial charge in [-0.05, 0) is 43.4 Å². The Balaban J connectivity index is 2.32. The maximum Gasteiger partial charge on any atom is 0.0605 e. The summed E-state index contributed by atoms with van der Waals surface area (Å²) in [6.45, 7) is 7.88. The number of nitrogen functional groups attached to an aromatic ring is 1. The summed E-state index contributed by atoms with van der Waals surface area (Å²) in [7, 11) is 0. The lowest BCUT2D eigenvalue weighted by Gasteiger charge is -2.31. The van der Waals surface area contributed by atoms with Gasteiger partial charge >= 0.3 is 0 Å². The summed E-state index contributed by atoms with van der Waals surface area (Å²) in [6, 6.07) is 6.99. The fourth-order valence-corrected chi connectivity index (χ4v) is 2.69. The molecule has 0 radical (unpaired) electrons. The van der Waals surface area contributed by atoms with E-state index in [1.54, 1.807) is 0 Å². The molecule has 1 aromatic rings. The summed E-state index contributed by atoms with van der Waals surface area (Å²) in [5, 5.41) is 0. The molecule has 0 saturated carbocycles. The van der Waals surface area contributed by atoms with E-state index in [0.717, 1.165) is 12.2 Å². The maximum atomic E-state index is 6.09. The lowest BCUT2D eigenvalue weighted by molar-refractivity contribution is 0.492. The van der Waals surface area contributed by atoms with Gasteiger partial charge < -0.3 is 10.6 Å². The normalized spacial score (nSPS) is 20.8. The van der Waals surface area contributed by atoms with E-state index in [4.69, 9.17) is 5.73 Å². The predicted molar refractivity (Wildman–Crippen MR) is 70.8 cm³/mol. The molecule has 0 aromatic heterocycles. The Morgan fingerprint density at radius 2 is 2.12 bits per heavy atom. The van der Waals surface area contributed by atoms with Gasteiger partial charge in [0.15, 0.2) is 0 Å². The van der Waals surface area contributed by atoms with Crippen LogP contribution < -0.4 is 10.6 Å². The highest BCUT2D eigenvalue weighted by Crippen LogP contribution is 2.33. The fraction of sp³-hybridized carbons (Fsp3) is 0.571. The molecule has 2 nitrogen and oxygen atoms in total. The van der Waals surface area contributed by atoms with Gasteiger partial charge in [0.25, 0.3) is 0 Å². The van der Waals surface area contributed by atoms with E-state index in [9.17, 15) is 0 Å². The minimum atomic E-state index is 0.657. The monoisotopic (exact) mass is 218 g/mol. The van der Waals surface area contributed by atoms with E-state index in [1.807, 2.05) is 6.07 Å². The topological polar surface area (TPSA) is 29.3 Å². The van der Waals surface area contributed by atoms with Crippen molar-refractivity contribution < 1.29 is 0 Å². The van der Waals surface area contributed by atoms with Crippen LogP contribution in [0.4, 0.5) is 11.4 Å². The number of hydrogen-bond acceptors (Lipinski definition) is 2. The molecule has 1 aliphatic rings. The summed E-state index contributed by atoms with van der Waals surface area (Å²) < 4.78 is 0. The number of nitrogens with two attached hydrogens (primary N) is 1. The van der Waals surface area contributed by atoms with E-state index >= 15 is 0 Å². The summed E-state index contributed by atoms with van der Waals surface area (Å²) in [4.78, 5) is 2.49. The van der Waals surface area contributed by atoms with E-state index in [0.29, 0.717) is 12.0 Å². The molecular weight excluding hydrogens is 196 g/mol. The number of hydrogen-bond donors (Lipinski definition) is 1. The third-order valence-electron chi connectivity index (χ3n) is 3.56. The van der Waals surface area contributed by atoms with Crippen LogP contribution in [0.3, 0.4) is 0 Å². The van der Waals surface area contributed by atoms with Crippen LogP contribution in [0, 0.1) is 12.8 Å². The molecule has 1 saturated heterocycles. The number of rotatable bonds is 2. The van der Waals surface area contributed by atoms with Gasteiger partial charge in [-0.25, -0.2) is 0 Å². The molecular formula is C14H22N2. The molecule has 1 heterocycles. The van der Waals surface area contributed by atoms with Crippen LogP contribution in [0.2, 0.25) is 0 Å². The minimum Gasteiger partial charge on any atom is -0.397 e. The second kappa shape index (κ2) is 4.36. The molecule has 16 heavy (non-hydrogen) atoms. The Bertz CT molecular complexity index is 371. The van der Waals surface area contributed by atoms with Gasteiger partial charge in [0, 0.05) is 12.6 Å². The van der Waals surface area contributed by atoms with Crippen molar-refractivity contribution in [3.8, 4) is 0 Å². The molecule has 1 aromatic carbocycles. The van der Waals surface area contributed by atoms with Crippen LogP contribution in [0.5, 0.6) is 0 Å². The maximum absolute atomic E-state index is 6.09. The van der Waals surface area contributed by atoms with Crippen molar-refractivity contribution in [1.82, 2.24) is 0 Å². The van der Waals surface area contributed by atoms with E-state index in [1.165, 1.54) is 24.1 Å². The molecule has 1 unspecified atom stereocenters. The molecule has 0 aliphatic carbocycles. The zero-order valence-electron chi connectivity index (χ0n) is 10.5. The van der Waals surface area contributed by atoms with E-state index in [2.05, 4.69) is 37.8 Å². The molecule has 1 atom stereocenters. The van der Waals surface area contributed by atoms with Crippen LogP contribution in [0.1, 0.15) is 32.3 Å². The van der Waals surface area contributed by atoms with Gasteiger partial charge in [-0.2, -0.15) is 0 Å². The second-order valence-electron chi connectivity index (χ2n) is 5.21. The van der Waals surface area contributed by atoms with Gasteiger partial charge in [0.05, 0.1) is 11.4 Å². The van der Waals surface area contributed by atoms with Crippen LogP contribution in [0.25, 0.3) is 0 Å². The van der Waals surface area contributed by atoms with Gasteiger partial charge in [0.1, 0.15) is 0 Å². The molecule has 1 fully saturated rings. The highest BCUT2D eigenvalue weighted by Gasteiger charge is 2.28. The van der Waals surface area contributed by atoms with Gasteiger partial charge in [0.2, 0.25) is 0 Å². The lowest BCUT2D eigenvalue weighted by atomic mass is 10.0.